The van der Waals surface area contributed by atoms with E-state index in [0.29, 0.717) is 17.4 Å². The molecule has 1 unspecified atom stereocenters. The van der Waals surface area contributed by atoms with E-state index in [1.165, 1.54) is 0 Å². The van der Waals surface area contributed by atoms with Crippen molar-refractivity contribution < 1.29 is 4.74 Å². The molecule has 1 rings (SSSR count). The van der Waals surface area contributed by atoms with Gasteiger partial charge < -0.3 is 10.1 Å². The van der Waals surface area contributed by atoms with Crippen LogP contribution in [0.3, 0.4) is 0 Å². The van der Waals surface area contributed by atoms with Crippen molar-refractivity contribution >= 4 is 15.9 Å². The van der Waals surface area contributed by atoms with Crippen LogP contribution in [0, 0.1) is 11.3 Å². The van der Waals surface area contributed by atoms with Gasteiger partial charge in [-0.15, -0.1) is 0 Å². The maximum absolute atomic E-state index is 5.84. The molecule has 114 valence electrons. The fourth-order valence-electron chi connectivity index (χ4n) is 2.07. The molecule has 0 aliphatic heterocycles. The first kappa shape index (κ1) is 17.5. The molecule has 1 N–H and O–H groups in total. The summed E-state index contributed by atoms with van der Waals surface area (Å²) in [4.78, 5) is 0. The maximum Gasteiger partial charge on any atom is 0.119 e. The number of rotatable bonds is 7. The Balaban J connectivity index is 2.43. The molecule has 0 bridgehead atoms. The monoisotopic (exact) mass is 341 g/mol. The molecular formula is C17H28BrNO. The van der Waals surface area contributed by atoms with Crippen molar-refractivity contribution in [2.24, 2.45) is 11.3 Å². The van der Waals surface area contributed by atoms with Crippen LogP contribution in [0.1, 0.15) is 41.0 Å². The Bertz CT molecular complexity index is 381. The molecule has 0 aromatic heterocycles. The van der Waals surface area contributed by atoms with E-state index in [4.69, 9.17) is 4.74 Å². The Hall–Kier alpha value is -0.540. The number of nitrogens with one attached hydrogen (secondary N) is 1. The van der Waals surface area contributed by atoms with Crippen LogP contribution in [0.25, 0.3) is 0 Å². The Morgan fingerprint density at radius 1 is 1.15 bits per heavy atom. The van der Waals surface area contributed by atoms with Crippen molar-refractivity contribution in [3.05, 3.63) is 28.7 Å². The average molecular weight is 342 g/mol. The molecule has 0 aliphatic carbocycles. The first-order valence-electron chi connectivity index (χ1n) is 7.41. The number of hydrogen-bond acceptors (Lipinski definition) is 2. The second kappa shape index (κ2) is 8.04. The van der Waals surface area contributed by atoms with E-state index < -0.39 is 0 Å². The van der Waals surface area contributed by atoms with E-state index in [9.17, 15) is 0 Å². The molecule has 20 heavy (non-hydrogen) atoms. The fourth-order valence-corrected chi connectivity index (χ4v) is 2.33. The van der Waals surface area contributed by atoms with Gasteiger partial charge in [-0.2, -0.15) is 0 Å². The summed E-state index contributed by atoms with van der Waals surface area (Å²) in [7, 11) is 0. The van der Waals surface area contributed by atoms with Crippen LogP contribution in [0.2, 0.25) is 0 Å². The molecule has 1 atom stereocenters. The molecule has 0 fully saturated rings. The zero-order chi connectivity index (χ0) is 15.2. The minimum absolute atomic E-state index is 0.297. The molecule has 1 aromatic carbocycles. The summed E-state index contributed by atoms with van der Waals surface area (Å²) >= 11 is 3.43. The van der Waals surface area contributed by atoms with Crippen LogP contribution in [0.4, 0.5) is 0 Å². The standard InChI is InChI=1S/C17H28BrNO/c1-13(2)19-12-14(17(3,4)5)10-11-20-16-8-6-15(18)7-9-16/h6-9,13-14,19H,10-12H2,1-5H3. The van der Waals surface area contributed by atoms with Crippen molar-refractivity contribution in [2.45, 2.75) is 47.1 Å². The van der Waals surface area contributed by atoms with E-state index in [2.05, 4.69) is 55.9 Å². The highest BCUT2D eigenvalue weighted by Crippen LogP contribution is 2.28. The van der Waals surface area contributed by atoms with Gasteiger partial charge in [0.1, 0.15) is 5.75 Å². The first-order chi connectivity index (χ1) is 9.29. The van der Waals surface area contributed by atoms with E-state index in [-0.39, 0.29) is 0 Å². The highest BCUT2D eigenvalue weighted by Gasteiger charge is 2.24. The molecule has 0 saturated heterocycles. The van der Waals surface area contributed by atoms with Crippen molar-refractivity contribution in [2.75, 3.05) is 13.2 Å². The van der Waals surface area contributed by atoms with Gasteiger partial charge in [0.25, 0.3) is 0 Å². The minimum Gasteiger partial charge on any atom is -0.494 e. The summed E-state index contributed by atoms with van der Waals surface area (Å²) in [5.41, 5.74) is 0.297. The number of hydrogen-bond donors (Lipinski definition) is 1. The summed E-state index contributed by atoms with van der Waals surface area (Å²) < 4.78 is 6.93. The topological polar surface area (TPSA) is 21.3 Å². The van der Waals surface area contributed by atoms with Gasteiger partial charge in [-0.1, -0.05) is 50.5 Å². The number of benzene rings is 1. The van der Waals surface area contributed by atoms with Gasteiger partial charge in [0, 0.05) is 10.5 Å². The van der Waals surface area contributed by atoms with E-state index >= 15 is 0 Å². The molecule has 1 aromatic rings. The number of halogens is 1. The SMILES string of the molecule is CC(C)NCC(CCOc1ccc(Br)cc1)C(C)(C)C. The minimum atomic E-state index is 0.297. The fraction of sp³-hybridized carbons (Fsp3) is 0.647. The smallest absolute Gasteiger partial charge is 0.119 e. The second-order valence-electron chi connectivity index (χ2n) is 6.72. The van der Waals surface area contributed by atoms with Crippen molar-refractivity contribution in [1.82, 2.24) is 5.32 Å². The summed E-state index contributed by atoms with van der Waals surface area (Å²) in [6, 6.07) is 8.56. The van der Waals surface area contributed by atoms with E-state index in [1.807, 2.05) is 24.3 Å². The zero-order valence-electron chi connectivity index (χ0n) is 13.4. The Labute approximate surface area is 132 Å². The lowest BCUT2D eigenvalue weighted by Crippen LogP contribution is -2.36. The van der Waals surface area contributed by atoms with Crippen molar-refractivity contribution in [1.29, 1.82) is 0 Å². The largest absolute Gasteiger partial charge is 0.494 e. The zero-order valence-corrected chi connectivity index (χ0v) is 15.0. The second-order valence-corrected chi connectivity index (χ2v) is 7.63. The highest BCUT2D eigenvalue weighted by molar-refractivity contribution is 9.10. The normalized spacial score (nSPS) is 13.6. The lowest BCUT2D eigenvalue weighted by Gasteiger charge is -2.31. The number of ether oxygens (including phenoxy) is 1. The summed E-state index contributed by atoms with van der Waals surface area (Å²) in [6.45, 7) is 13.1. The predicted octanol–water partition coefficient (Wildman–Crippen LogP) is 4.88. The first-order valence-corrected chi connectivity index (χ1v) is 8.20. The average Bonchev–Trinajstić information content (AvgIpc) is 2.34. The predicted molar refractivity (Wildman–Crippen MR) is 90.3 cm³/mol. The summed E-state index contributed by atoms with van der Waals surface area (Å²) in [5, 5.41) is 3.55. The third kappa shape index (κ3) is 6.76. The molecule has 0 saturated carbocycles. The van der Waals surface area contributed by atoms with E-state index in [1.54, 1.807) is 0 Å². The molecule has 0 amide bonds. The van der Waals surface area contributed by atoms with Gasteiger partial charge in [0.05, 0.1) is 6.61 Å². The highest BCUT2D eigenvalue weighted by atomic mass is 79.9. The lowest BCUT2D eigenvalue weighted by atomic mass is 9.79. The van der Waals surface area contributed by atoms with Gasteiger partial charge >= 0.3 is 0 Å². The molecule has 0 spiro atoms. The van der Waals surface area contributed by atoms with Crippen molar-refractivity contribution in [3.63, 3.8) is 0 Å². The van der Waals surface area contributed by atoms with Gasteiger partial charge in [-0.3, -0.25) is 0 Å². The van der Waals surface area contributed by atoms with E-state index in [0.717, 1.165) is 29.8 Å². The lowest BCUT2D eigenvalue weighted by molar-refractivity contribution is 0.177. The van der Waals surface area contributed by atoms with Gasteiger partial charge in [0.15, 0.2) is 0 Å². The van der Waals surface area contributed by atoms with Gasteiger partial charge in [-0.25, -0.2) is 0 Å². The van der Waals surface area contributed by atoms with Crippen LogP contribution in [0.5, 0.6) is 5.75 Å². The summed E-state index contributed by atoms with van der Waals surface area (Å²) in [6.07, 6.45) is 1.07. The third-order valence-electron chi connectivity index (χ3n) is 3.55. The van der Waals surface area contributed by atoms with Gasteiger partial charge in [0.2, 0.25) is 0 Å². The van der Waals surface area contributed by atoms with Crippen LogP contribution >= 0.6 is 15.9 Å². The quantitative estimate of drug-likeness (QED) is 0.763. The van der Waals surface area contributed by atoms with Crippen LogP contribution in [0.15, 0.2) is 28.7 Å². The third-order valence-corrected chi connectivity index (χ3v) is 4.07. The Morgan fingerprint density at radius 2 is 1.75 bits per heavy atom. The van der Waals surface area contributed by atoms with Gasteiger partial charge in [-0.05, 0) is 48.6 Å². The Morgan fingerprint density at radius 3 is 2.25 bits per heavy atom. The van der Waals surface area contributed by atoms with Crippen LogP contribution in [-0.2, 0) is 0 Å². The molecular weight excluding hydrogens is 314 g/mol. The molecule has 0 radical (unpaired) electrons. The summed E-state index contributed by atoms with van der Waals surface area (Å²) in [5.74, 6) is 1.55. The molecule has 0 aliphatic rings. The van der Waals surface area contributed by atoms with Crippen LogP contribution in [-0.4, -0.2) is 19.2 Å². The Kier molecular flexibility index (Phi) is 7.04. The van der Waals surface area contributed by atoms with Crippen LogP contribution < -0.4 is 10.1 Å². The molecule has 0 heterocycles. The maximum atomic E-state index is 5.84. The molecule has 2 nitrogen and oxygen atoms in total. The molecule has 3 heteroatoms. The van der Waals surface area contributed by atoms with Crippen molar-refractivity contribution in [3.8, 4) is 5.75 Å².